The van der Waals surface area contributed by atoms with Crippen molar-refractivity contribution in [2.24, 2.45) is 12.8 Å². The van der Waals surface area contributed by atoms with Crippen molar-refractivity contribution in [2.75, 3.05) is 0 Å². The quantitative estimate of drug-likeness (QED) is 0.843. The van der Waals surface area contributed by atoms with Gasteiger partial charge in [0.2, 0.25) is 0 Å². The molecule has 0 fully saturated rings. The van der Waals surface area contributed by atoms with Gasteiger partial charge in [0.05, 0.1) is 5.69 Å². The summed E-state index contributed by atoms with van der Waals surface area (Å²) in [4.78, 5) is 4.36. The first-order chi connectivity index (χ1) is 7.79. The molecule has 0 unspecified atom stereocenters. The van der Waals surface area contributed by atoms with Gasteiger partial charge in [-0.25, -0.2) is 4.98 Å². The van der Waals surface area contributed by atoms with Crippen LogP contribution in [0.4, 0.5) is 0 Å². The highest BCUT2D eigenvalue weighted by Crippen LogP contribution is 2.11. The zero-order valence-electron chi connectivity index (χ0n) is 9.26. The molecule has 0 aliphatic rings. The molecule has 0 saturated heterocycles. The van der Waals surface area contributed by atoms with Crippen molar-refractivity contribution < 1.29 is 4.74 Å². The molecule has 4 nitrogen and oxygen atoms in total. The van der Waals surface area contributed by atoms with Crippen molar-refractivity contribution in [2.45, 2.75) is 13.2 Å². The van der Waals surface area contributed by atoms with Crippen LogP contribution in [0.2, 0.25) is 0 Å². The number of aryl methyl sites for hydroxylation is 1. The van der Waals surface area contributed by atoms with E-state index >= 15 is 0 Å². The standard InChI is InChI=1S/C12H15N3O/c1-15-8-10(7-13)14-12(15)9-16-11-5-3-2-4-6-11/h2-6,8H,7,9,13H2,1H3. The van der Waals surface area contributed by atoms with Gasteiger partial charge in [-0.3, -0.25) is 0 Å². The van der Waals surface area contributed by atoms with Crippen LogP contribution in [0.1, 0.15) is 11.5 Å². The molecule has 0 aliphatic heterocycles. The van der Waals surface area contributed by atoms with E-state index in [1.807, 2.05) is 48.1 Å². The van der Waals surface area contributed by atoms with Gasteiger partial charge >= 0.3 is 0 Å². The van der Waals surface area contributed by atoms with Gasteiger partial charge in [0.15, 0.2) is 0 Å². The lowest BCUT2D eigenvalue weighted by Crippen LogP contribution is -2.03. The van der Waals surface area contributed by atoms with Gasteiger partial charge in [0, 0.05) is 19.8 Å². The summed E-state index contributed by atoms with van der Waals surface area (Å²) in [5.41, 5.74) is 6.41. The first-order valence-corrected chi connectivity index (χ1v) is 5.18. The van der Waals surface area contributed by atoms with Gasteiger partial charge in [0.1, 0.15) is 18.2 Å². The summed E-state index contributed by atoms with van der Waals surface area (Å²) in [5, 5.41) is 0. The van der Waals surface area contributed by atoms with E-state index in [4.69, 9.17) is 10.5 Å². The number of benzene rings is 1. The van der Waals surface area contributed by atoms with Crippen molar-refractivity contribution in [3.05, 3.63) is 48.0 Å². The van der Waals surface area contributed by atoms with Crippen LogP contribution >= 0.6 is 0 Å². The van der Waals surface area contributed by atoms with Gasteiger partial charge < -0.3 is 15.0 Å². The molecule has 2 aromatic rings. The average Bonchev–Trinajstić information content (AvgIpc) is 2.69. The summed E-state index contributed by atoms with van der Waals surface area (Å²) in [6.07, 6.45) is 1.92. The third kappa shape index (κ3) is 2.41. The lowest BCUT2D eigenvalue weighted by Gasteiger charge is -2.05. The van der Waals surface area contributed by atoms with Crippen molar-refractivity contribution in [1.29, 1.82) is 0 Å². The zero-order chi connectivity index (χ0) is 11.4. The molecule has 0 radical (unpaired) electrons. The first-order valence-electron chi connectivity index (χ1n) is 5.18. The van der Waals surface area contributed by atoms with E-state index in [1.165, 1.54) is 0 Å². The SMILES string of the molecule is Cn1cc(CN)nc1COc1ccccc1. The van der Waals surface area contributed by atoms with E-state index in [9.17, 15) is 0 Å². The van der Waals surface area contributed by atoms with Crippen LogP contribution in [-0.2, 0) is 20.2 Å². The van der Waals surface area contributed by atoms with Crippen LogP contribution in [0.25, 0.3) is 0 Å². The van der Waals surface area contributed by atoms with E-state index in [0.29, 0.717) is 13.2 Å². The second kappa shape index (κ2) is 4.81. The Morgan fingerprint density at radius 3 is 2.69 bits per heavy atom. The summed E-state index contributed by atoms with van der Waals surface area (Å²) in [6.45, 7) is 0.916. The van der Waals surface area contributed by atoms with E-state index in [-0.39, 0.29) is 0 Å². The molecule has 0 atom stereocenters. The Labute approximate surface area is 94.7 Å². The van der Waals surface area contributed by atoms with Gasteiger partial charge in [-0.1, -0.05) is 18.2 Å². The predicted molar refractivity (Wildman–Crippen MR) is 61.9 cm³/mol. The molecule has 84 valence electrons. The second-order valence-electron chi connectivity index (χ2n) is 3.57. The normalized spacial score (nSPS) is 10.4. The van der Waals surface area contributed by atoms with E-state index in [2.05, 4.69) is 4.98 Å². The zero-order valence-corrected chi connectivity index (χ0v) is 9.26. The third-order valence-corrected chi connectivity index (χ3v) is 2.34. The largest absolute Gasteiger partial charge is 0.486 e. The minimum atomic E-state index is 0.458. The molecule has 16 heavy (non-hydrogen) atoms. The van der Waals surface area contributed by atoms with Crippen LogP contribution in [0.15, 0.2) is 36.5 Å². The van der Waals surface area contributed by atoms with Gasteiger partial charge in [0.25, 0.3) is 0 Å². The van der Waals surface area contributed by atoms with Crippen molar-refractivity contribution >= 4 is 0 Å². The van der Waals surface area contributed by atoms with Gasteiger partial charge in [-0.2, -0.15) is 0 Å². The Hall–Kier alpha value is -1.81. The van der Waals surface area contributed by atoms with Crippen molar-refractivity contribution in [3.8, 4) is 5.75 Å². The van der Waals surface area contributed by atoms with Crippen LogP contribution < -0.4 is 10.5 Å². The molecule has 1 aromatic carbocycles. The van der Waals surface area contributed by atoms with Crippen LogP contribution in [0.3, 0.4) is 0 Å². The minimum Gasteiger partial charge on any atom is -0.486 e. The maximum Gasteiger partial charge on any atom is 0.146 e. The third-order valence-electron chi connectivity index (χ3n) is 2.34. The fourth-order valence-corrected chi connectivity index (χ4v) is 1.47. The maximum absolute atomic E-state index is 5.61. The van der Waals surface area contributed by atoms with Gasteiger partial charge in [-0.05, 0) is 12.1 Å². The maximum atomic E-state index is 5.61. The summed E-state index contributed by atoms with van der Waals surface area (Å²) in [5.74, 6) is 1.73. The molecule has 0 spiro atoms. The number of hydrogen-bond acceptors (Lipinski definition) is 3. The average molecular weight is 217 g/mol. The molecule has 0 bridgehead atoms. The highest BCUT2D eigenvalue weighted by molar-refractivity contribution is 5.21. The molecular weight excluding hydrogens is 202 g/mol. The molecule has 0 amide bonds. The Kier molecular flexibility index (Phi) is 3.22. The van der Waals surface area contributed by atoms with E-state index in [0.717, 1.165) is 17.3 Å². The van der Waals surface area contributed by atoms with Crippen molar-refractivity contribution in [1.82, 2.24) is 9.55 Å². The van der Waals surface area contributed by atoms with Crippen LogP contribution in [-0.4, -0.2) is 9.55 Å². The lowest BCUT2D eigenvalue weighted by molar-refractivity contribution is 0.291. The fourth-order valence-electron chi connectivity index (χ4n) is 1.47. The molecule has 2 rings (SSSR count). The number of hydrogen-bond donors (Lipinski definition) is 1. The molecule has 1 aromatic heterocycles. The summed E-state index contributed by atoms with van der Waals surface area (Å²) >= 11 is 0. The molecule has 0 aliphatic carbocycles. The number of ether oxygens (including phenoxy) is 1. The number of nitrogens with zero attached hydrogens (tertiary/aromatic N) is 2. The second-order valence-corrected chi connectivity index (χ2v) is 3.57. The monoisotopic (exact) mass is 217 g/mol. The summed E-state index contributed by atoms with van der Waals surface area (Å²) in [7, 11) is 1.94. The highest BCUT2D eigenvalue weighted by atomic mass is 16.5. The Morgan fingerprint density at radius 2 is 2.06 bits per heavy atom. The number of nitrogens with two attached hydrogens (primary N) is 1. The number of rotatable bonds is 4. The van der Waals surface area contributed by atoms with E-state index in [1.54, 1.807) is 0 Å². The highest BCUT2D eigenvalue weighted by Gasteiger charge is 2.04. The molecule has 2 N–H and O–H groups in total. The van der Waals surface area contributed by atoms with Crippen LogP contribution in [0.5, 0.6) is 5.75 Å². The minimum absolute atomic E-state index is 0.458. The van der Waals surface area contributed by atoms with Crippen molar-refractivity contribution in [3.63, 3.8) is 0 Å². The Morgan fingerprint density at radius 1 is 1.31 bits per heavy atom. The van der Waals surface area contributed by atoms with E-state index < -0.39 is 0 Å². The lowest BCUT2D eigenvalue weighted by atomic mass is 10.3. The Bertz CT molecular complexity index is 451. The molecule has 1 heterocycles. The Balaban J connectivity index is 2.02. The molecule has 0 saturated carbocycles. The number of aromatic nitrogens is 2. The summed E-state index contributed by atoms with van der Waals surface area (Å²) < 4.78 is 7.54. The smallest absolute Gasteiger partial charge is 0.146 e. The van der Waals surface area contributed by atoms with Crippen LogP contribution in [0, 0.1) is 0 Å². The first kappa shape index (κ1) is 10.7. The molecular formula is C12H15N3O. The summed E-state index contributed by atoms with van der Waals surface area (Å²) in [6, 6.07) is 9.69. The topological polar surface area (TPSA) is 53.1 Å². The number of imidazole rings is 1. The fraction of sp³-hybridized carbons (Fsp3) is 0.250. The predicted octanol–water partition coefficient (Wildman–Crippen LogP) is 1.46. The molecule has 4 heteroatoms. The van der Waals surface area contributed by atoms with Gasteiger partial charge in [-0.15, -0.1) is 0 Å². The number of para-hydroxylation sites is 1.